The second-order valence-corrected chi connectivity index (χ2v) is 6.67. The zero-order chi connectivity index (χ0) is 18.3. The highest BCUT2D eigenvalue weighted by Gasteiger charge is 2.34. The molecular weight excluding hydrogens is 330 g/mol. The van der Waals surface area contributed by atoms with Crippen LogP contribution in [0.4, 0.5) is 0 Å². The summed E-state index contributed by atoms with van der Waals surface area (Å²) in [7, 11) is 0. The molecule has 0 aromatic heterocycles. The van der Waals surface area contributed by atoms with Gasteiger partial charge in [0.25, 0.3) is 5.91 Å². The molecule has 0 bridgehead atoms. The van der Waals surface area contributed by atoms with E-state index in [1.54, 1.807) is 29.2 Å². The predicted octanol–water partition coefficient (Wildman–Crippen LogP) is 1.20. The van der Waals surface area contributed by atoms with E-state index in [0.29, 0.717) is 37.2 Å². The minimum absolute atomic E-state index is 0.00687. The summed E-state index contributed by atoms with van der Waals surface area (Å²) in [6.45, 7) is 1.28. The lowest BCUT2D eigenvalue weighted by Gasteiger charge is -2.34. The topological polar surface area (TPSA) is 92.5 Å². The van der Waals surface area contributed by atoms with Gasteiger partial charge in [-0.05, 0) is 35.2 Å². The van der Waals surface area contributed by atoms with Crippen LogP contribution in [0.5, 0.6) is 0 Å². The number of primary amides is 1. The lowest BCUT2D eigenvalue weighted by Crippen LogP contribution is -2.45. The summed E-state index contributed by atoms with van der Waals surface area (Å²) in [5.41, 5.74) is 9.21. The molecule has 0 saturated heterocycles. The molecule has 2 heterocycles. The molecule has 1 atom stereocenters. The number of amides is 3. The smallest absolute Gasteiger partial charge is 0.251 e. The van der Waals surface area contributed by atoms with Gasteiger partial charge >= 0.3 is 0 Å². The van der Waals surface area contributed by atoms with E-state index in [2.05, 4.69) is 5.32 Å². The highest BCUT2D eigenvalue weighted by atomic mass is 16.2. The Morgan fingerprint density at radius 1 is 1.12 bits per heavy atom. The molecule has 3 amide bonds. The number of nitrogens with two attached hydrogens (primary N) is 1. The maximum absolute atomic E-state index is 13.1. The Kier molecular flexibility index (Phi) is 3.95. The summed E-state index contributed by atoms with van der Waals surface area (Å²) in [6.07, 6.45) is 0.598. The zero-order valence-corrected chi connectivity index (χ0v) is 14.2. The lowest BCUT2D eigenvalue weighted by molar-refractivity contribution is -0.133. The maximum Gasteiger partial charge on any atom is 0.251 e. The van der Waals surface area contributed by atoms with E-state index in [0.717, 1.165) is 16.7 Å². The molecule has 132 valence electrons. The van der Waals surface area contributed by atoms with Crippen molar-refractivity contribution in [2.75, 3.05) is 13.1 Å². The van der Waals surface area contributed by atoms with Crippen LogP contribution in [0.15, 0.2) is 42.5 Å². The van der Waals surface area contributed by atoms with Crippen molar-refractivity contribution in [1.82, 2.24) is 10.2 Å². The van der Waals surface area contributed by atoms with Crippen molar-refractivity contribution in [3.8, 4) is 0 Å². The van der Waals surface area contributed by atoms with Crippen LogP contribution in [0, 0.1) is 0 Å². The molecule has 1 unspecified atom stereocenters. The number of hydrogen-bond donors (Lipinski definition) is 2. The number of benzene rings is 2. The van der Waals surface area contributed by atoms with Gasteiger partial charge in [-0.2, -0.15) is 0 Å². The summed E-state index contributed by atoms with van der Waals surface area (Å²) in [5.74, 6) is -0.970. The third-order valence-corrected chi connectivity index (χ3v) is 5.19. The second-order valence-electron chi connectivity index (χ2n) is 6.67. The Hall–Kier alpha value is -3.15. The number of fused-ring (bicyclic) bond motifs is 2. The molecule has 0 spiro atoms. The molecule has 0 saturated carbocycles. The second kappa shape index (κ2) is 6.29. The van der Waals surface area contributed by atoms with Crippen LogP contribution in [0.1, 0.15) is 43.3 Å². The van der Waals surface area contributed by atoms with Crippen LogP contribution in [0.3, 0.4) is 0 Å². The van der Waals surface area contributed by atoms with Gasteiger partial charge in [0.1, 0.15) is 0 Å². The minimum Gasteiger partial charge on any atom is -0.366 e. The fourth-order valence-corrected chi connectivity index (χ4v) is 3.88. The largest absolute Gasteiger partial charge is 0.366 e. The van der Waals surface area contributed by atoms with E-state index in [9.17, 15) is 14.4 Å². The molecule has 2 aliphatic rings. The highest BCUT2D eigenvalue weighted by Crippen LogP contribution is 2.29. The molecule has 26 heavy (non-hydrogen) atoms. The van der Waals surface area contributed by atoms with Crippen LogP contribution in [-0.4, -0.2) is 35.7 Å². The predicted molar refractivity (Wildman–Crippen MR) is 95.6 cm³/mol. The van der Waals surface area contributed by atoms with Gasteiger partial charge in [-0.15, -0.1) is 0 Å². The Labute approximate surface area is 151 Å². The average molecular weight is 349 g/mol. The molecule has 6 nitrogen and oxygen atoms in total. The number of nitrogens with one attached hydrogen (secondary N) is 1. The number of rotatable bonds is 2. The van der Waals surface area contributed by atoms with E-state index in [4.69, 9.17) is 5.73 Å². The van der Waals surface area contributed by atoms with Crippen LogP contribution < -0.4 is 11.1 Å². The fourth-order valence-electron chi connectivity index (χ4n) is 3.88. The quantitative estimate of drug-likeness (QED) is 0.853. The van der Waals surface area contributed by atoms with E-state index >= 15 is 0 Å². The van der Waals surface area contributed by atoms with Gasteiger partial charge in [0.2, 0.25) is 11.8 Å². The molecular formula is C20H19N3O3. The molecule has 2 aromatic rings. The van der Waals surface area contributed by atoms with Gasteiger partial charge in [0, 0.05) is 30.8 Å². The molecule has 4 rings (SSSR count). The first kappa shape index (κ1) is 16.3. The Bertz CT molecular complexity index is 922. The van der Waals surface area contributed by atoms with Crippen molar-refractivity contribution in [2.45, 2.75) is 18.9 Å². The first-order chi connectivity index (χ1) is 12.6. The summed E-state index contributed by atoms with van der Waals surface area (Å²) >= 11 is 0. The molecule has 3 N–H and O–H groups in total. The van der Waals surface area contributed by atoms with Gasteiger partial charge in [-0.25, -0.2) is 0 Å². The van der Waals surface area contributed by atoms with Crippen molar-refractivity contribution < 1.29 is 14.4 Å². The molecule has 2 aliphatic heterocycles. The first-order valence-electron chi connectivity index (χ1n) is 8.62. The van der Waals surface area contributed by atoms with Crippen molar-refractivity contribution in [3.63, 3.8) is 0 Å². The average Bonchev–Trinajstić information content (AvgIpc) is 2.67. The van der Waals surface area contributed by atoms with E-state index < -0.39 is 5.91 Å². The third-order valence-electron chi connectivity index (χ3n) is 5.19. The Morgan fingerprint density at radius 2 is 1.92 bits per heavy atom. The standard InChI is InChI=1S/C20H19N3O3/c21-18(24)15-7-3-4-12-11-23(9-8-13(12)15)20(26)17-10-22-19(25)16-6-2-1-5-14(16)17/h1-7,17H,8-11H2,(H2,21,24)(H,22,25). The van der Waals surface area contributed by atoms with Crippen LogP contribution in [0.2, 0.25) is 0 Å². The molecule has 2 aromatic carbocycles. The van der Waals surface area contributed by atoms with Crippen molar-refractivity contribution in [1.29, 1.82) is 0 Å². The van der Waals surface area contributed by atoms with Crippen molar-refractivity contribution in [2.24, 2.45) is 5.73 Å². The third kappa shape index (κ3) is 2.63. The minimum atomic E-state index is -0.439. The van der Waals surface area contributed by atoms with E-state index in [1.165, 1.54) is 0 Å². The summed E-state index contributed by atoms with van der Waals surface area (Å²) in [6, 6.07) is 12.7. The molecule has 0 radical (unpaired) electrons. The van der Waals surface area contributed by atoms with E-state index in [-0.39, 0.29) is 17.7 Å². The van der Waals surface area contributed by atoms with E-state index in [1.807, 2.05) is 18.2 Å². The van der Waals surface area contributed by atoms with Crippen LogP contribution in [-0.2, 0) is 17.8 Å². The Balaban J connectivity index is 1.61. The SMILES string of the molecule is NC(=O)c1cccc2c1CCN(C(=O)C1CNC(=O)c3ccccc31)C2. The van der Waals surface area contributed by atoms with Crippen molar-refractivity contribution >= 4 is 17.7 Å². The summed E-state index contributed by atoms with van der Waals surface area (Å²) in [4.78, 5) is 38.6. The molecule has 0 aliphatic carbocycles. The van der Waals surface area contributed by atoms with Gasteiger partial charge < -0.3 is 16.0 Å². The number of carbonyl (C=O) groups excluding carboxylic acids is 3. The fraction of sp³-hybridized carbons (Fsp3) is 0.250. The van der Waals surface area contributed by atoms with Gasteiger partial charge in [0.15, 0.2) is 0 Å². The highest BCUT2D eigenvalue weighted by molar-refractivity contribution is 6.00. The van der Waals surface area contributed by atoms with Crippen molar-refractivity contribution in [3.05, 3.63) is 70.3 Å². The first-order valence-corrected chi connectivity index (χ1v) is 8.62. The van der Waals surface area contributed by atoms with Gasteiger partial charge in [0.05, 0.1) is 5.92 Å². The molecule has 0 fully saturated rings. The summed E-state index contributed by atoms with van der Waals surface area (Å²) < 4.78 is 0. The Morgan fingerprint density at radius 3 is 2.73 bits per heavy atom. The van der Waals surface area contributed by atoms with Gasteiger partial charge in [-0.3, -0.25) is 14.4 Å². The van der Waals surface area contributed by atoms with Crippen LogP contribution in [0.25, 0.3) is 0 Å². The molecule has 6 heteroatoms. The van der Waals surface area contributed by atoms with Gasteiger partial charge in [-0.1, -0.05) is 30.3 Å². The number of hydrogen-bond acceptors (Lipinski definition) is 3. The monoisotopic (exact) mass is 349 g/mol. The lowest BCUT2D eigenvalue weighted by atomic mass is 9.88. The number of nitrogens with zero attached hydrogens (tertiary/aromatic N) is 1. The zero-order valence-electron chi connectivity index (χ0n) is 14.2. The maximum atomic E-state index is 13.1. The summed E-state index contributed by atoms with van der Waals surface area (Å²) in [5, 5.41) is 2.80. The normalized spacial score (nSPS) is 18.5. The number of carbonyl (C=O) groups is 3. The van der Waals surface area contributed by atoms with Crippen LogP contribution >= 0.6 is 0 Å².